The first-order valence-corrected chi connectivity index (χ1v) is 10.9. The van der Waals surface area contributed by atoms with Gasteiger partial charge in [0.25, 0.3) is 0 Å². The second kappa shape index (κ2) is 9.79. The lowest BCUT2D eigenvalue weighted by atomic mass is 9.72. The molecule has 5 heteroatoms. The number of benzene rings is 2. The molecule has 160 valence electrons. The van der Waals surface area contributed by atoms with Crippen molar-refractivity contribution in [3.05, 3.63) is 65.7 Å². The molecule has 1 aliphatic rings. The Morgan fingerprint density at radius 2 is 1.77 bits per heavy atom. The summed E-state index contributed by atoms with van der Waals surface area (Å²) in [7, 11) is 0. The molecule has 0 atom stereocenters. The smallest absolute Gasteiger partial charge is 0.230 e. The molecule has 1 N–H and O–H groups in total. The maximum atomic E-state index is 13.4. The number of hydrogen-bond donors (Lipinski definition) is 1. The molecule has 0 saturated carbocycles. The van der Waals surface area contributed by atoms with E-state index in [1.54, 1.807) is 6.92 Å². The Hall–Kier alpha value is -2.82. The van der Waals surface area contributed by atoms with E-state index in [-0.39, 0.29) is 11.8 Å². The fourth-order valence-electron chi connectivity index (χ4n) is 4.38. The van der Waals surface area contributed by atoms with Gasteiger partial charge in [0.05, 0.1) is 5.41 Å². The molecule has 1 heterocycles. The van der Waals surface area contributed by atoms with Gasteiger partial charge in [-0.05, 0) is 49.9 Å². The molecule has 0 aromatic heterocycles. The van der Waals surface area contributed by atoms with E-state index in [9.17, 15) is 9.59 Å². The van der Waals surface area contributed by atoms with Gasteiger partial charge in [-0.2, -0.15) is 0 Å². The highest BCUT2D eigenvalue weighted by Crippen LogP contribution is 2.36. The summed E-state index contributed by atoms with van der Waals surface area (Å²) in [6.07, 6.45) is 1.30. The predicted octanol–water partition coefficient (Wildman–Crippen LogP) is 3.52. The van der Waals surface area contributed by atoms with Crippen molar-refractivity contribution in [1.82, 2.24) is 10.2 Å². The van der Waals surface area contributed by atoms with Crippen LogP contribution in [0.2, 0.25) is 0 Å². The van der Waals surface area contributed by atoms with Crippen LogP contribution in [0.1, 0.15) is 37.8 Å². The molecule has 1 fully saturated rings. The molecule has 1 aliphatic heterocycles. The number of carbonyl (C=O) groups is 2. The standard InChI is InChI=1S/C25H33N3O2/c1-4-27(23-12-8-9-20(2)19-23)18-15-26-24(30)25(22-10-6-5-7-11-22)13-16-28(17-14-25)21(3)29/h5-12,19H,4,13-18H2,1-3H3,(H,26,30). The minimum atomic E-state index is -0.576. The van der Waals surface area contributed by atoms with E-state index in [2.05, 4.69) is 48.3 Å². The molecule has 0 bridgehead atoms. The van der Waals surface area contributed by atoms with Crippen molar-refractivity contribution < 1.29 is 9.59 Å². The molecular weight excluding hydrogens is 374 g/mol. The Bertz CT molecular complexity index is 858. The Kier molecular flexibility index (Phi) is 7.14. The van der Waals surface area contributed by atoms with Crippen LogP contribution in [0.15, 0.2) is 54.6 Å². The SMILES string of the molecule is CCN(CCNC(=O)C1(c2ccccc2)CCN(C(C)=O)CC1)c1cccc(C)c1. The van der Waals surface area contributed by atoms with Crippen molar-refractivity contribution in [3.63, 3.8) is 0 Å². The van der Waals surface area contributed by atoms with Gasteiger partial charge >= 0.3 is 0 Å². The van der Waals surface area contributed by atoms with Gasteiger partial charge in [0.2, 0.25) is 11.8 Å². The molecular formula is C25H33N3O2. The number of hydrogen-bond acceptors (Lipinski definition) is 3. The van der Waals surface area contributed by atoms with E-state index >= 15 is 0 Å². The lowest BCUT2D eigenvalue weighted by Crippen LogP contribution is -2.53. The van der Waals surface area contributed by atoms with Gasteiger partial charge in [-0.25, -0.2) is 0 Å². The normalized spacial score (nSPS) is 15.5. The molecule has 2 amide bonds. The number of rotatable bonds is 7. The number of amides is 2. The fraction of sp³-hybridized carbons (Fsp3) is 0.440. The zero-order valence-electron chi connectivity index (χ0n) is 18.4. The number of carbonyl (C=O) groups excluding carboxylic acids is 2. The van der Waals surface area contributed by atoms with Crippen molar-refractivity contribution in [2.45, 2.75) is 39.0 Å². The van der Waals surface area contributed by atoms with Gasteiger partial charge in [0, 0.05) is 45.3 Å². The second-order valence-electron chi connectivity index (χ2n) is 8.13. The van der Waals surface area contributed by atoms with Crippen molar-refractivity contribution in [2.75, 3.05) is 37.6 Å². The lowest BCUT2D eigenvalue weighted by Gasteiger charge is -2.41. The maximum Gasteiger partial charge on any atom is 0.230 e. The highest BCUT2D eigenvalue weighted by Gasteiger charge is 2.43. The summed E-state index contributed by atoms with van der Waals surface area (Å²) in [5, 5.41) is 3.20. The summed E-state index contributed by atoms with van der Waals surface area (Å²) in [5.74, 6) is 0.144. The van der Waals surface area contributed by atoms with Gasteiger partial charge in [-0.3, -0.25) is 9.59 Å². The number of aryl methyl sites for hydroxylation is 1. The highest BCUT2D eigenvalue weighted by atomic mass is 16.2. The summed E-state index contributed by atoms with van der Waals surface area (Å²) < 4.78 is 0. The lowest BCUT2D eigenvalue weighted by molar-refractivity contribution is -0.135. The number of anilines is 1. The highest BCUT2D eigenvalue weighted by molar-refractivity contribution is 5.89. The average Bonchev–Trinajstić information content (AvgIpc) is 2.77. The van der Waals surface area contributed by atoms with Crippen LogP contribution in [0.25, 0.3) is 0 Å². The Morgan fingerprint density at radius 3 is 2.37 bits per heavy atom. The topological polar surface area (TPSA) is 52.7 Å². The number of nitrogens with one attached hydrogen (secondary N) is 1. The molecule has 3 rings (SSSR count). The first kappa shape index (κ1) is 21.9. The van der Waals surface area contributed by atoms with Crippen LogP contribution in [-0.4, -0.2) is 49.4 Å². The quantitative estimate of drug-likeness (QED) is 0.764. The molecule has 30 heavy (non-hydrogen) atoms. The Balaban J connectivity index is 1.69. The largest absolute Gasteiger partial charge is 0.370 e. The zero-order chi connectivity index (χ0) is 21.6. The van der Waals surface area contributed by atoms with Crippen LogP contribution < -0.4 is 10.2 Å². The van der Waals surface area contributed by atoms with Crippen molar-refractivity contribution in [2.24, 2.45) is 0 Å². The van der Waals surface area contributed by atoms with E-state index in [0.717, 1.165) is 18.7 Å². The van der Waals surface area contributed by atoms with Crippen LogP contribution in [0.5, 0.6) is 0 Å². The summed E-state index contributed by atoms with van der Waals surface area (Å²) in [6.45, 7) is 9.28. The average molecular weight is 408 g/mol. The van der Waals surface area contributed by atoms with Crippen LogP contribution in [0.3, 0.4) is 0 Å². The van der Waals surface area contributed by atoms with Crippen molar-refractivity contribution >= 4 is 17.5 Å². The third-order valence-electron chi connectivity index (χ3n) is 6.24. The molecule has 2 aromatic carbocycles. The molecule has 0 radical (unpaired) electrons. The third-order valence-corrected chi connectivity index (χ3v) is 6.24. The minimum absolute atomic E-state index is 0.0668. The zero-order valence-corrected chi connectivity index (χ0v) is 18.4. The van der Waals surface area contributed by atoms with Crippen molar-refractivity contribution in [1.29, 1.82) is 0 Å². The first-order valence-electron chi connectivity index (χ1n) is 10.9. The maximum absolute atomic E-state index is 13.4. The van der Waals surface area contributed by atoms with Crippen LogP contribution in [0, 0.1) is 6.92 Å². The summed E-state index contributed by atoms with van der Waals surface area (Å²) in [6, 6.07) is 18.5. The van der Waals surface area contributed by atoms with E-state index in [1.165, 1.54) is 11.3 Å². The molecule has 0 spiro atoms. The van der Waals surface area contributed by atoms with Crippen LogP contribution >= 0.6 is 0 Å². The van der Waals surface area contributed by atoms with Gasteiger partial charge in [0.15, 0.2) is 0 Å². The third kappa shape index (κ3) is 4.84. The number of likely N-dealkylation sites (N-methyl/N-ethyl adjacent to an activating group) is 1. The summed E-state index contributed by atoms with van der Waals surface area (Å²) >= 11 is 0. The van der Waals surface area contributed by atoms with E-state index in [4.69, 9.17) is 0 Å². The monoisotopic (exact) mass is 407 g/mol. The van der Waals surface area contributed by atoms with Crippen LogP contribution in [0.4, 0.5) is 5.69 Å². The second-order valence-corrected chi connectivity index (χ2v) is 8.13. The number of nitrogens with zero attached hydrogens (tertiary/aromatic N) is 2. The number of piperidine rings is 1. The molecule has 5 nitrogen and oxygen atoms in total. The van der Waals surface area contributed by atoms with E-state index in [0.29, 0.717) is 32.5 Å². The number of likely N-dealkylation sites (tertiary alicyclic amines) is 1. The minimum Gasteiger partial charge on any atom is -0.370 e. The van der Waals surface area contributed by atoms with Crippen LogP contribution in [-0.2, 0) is 15.0 Å². The summed E-state index contributed by atoms with van der Waals surface area (Å²) in [5.41, 5.74) is 2.87. The Labute approximate surface area is 180 Å². The predicted molar refractivity (Wildman–Crippen MR) is 122 cm³/mol. The van der Waals surface area contributed by atoms with Gasteiger partial charge < -0.3 is 15.1 Å². The van der Waals surface area contributed by atoms with Gasteiger partial charge in [0.1, 0.15) is 0 Å². The van der Waals surface area contributed by atoms with Gasteiger partial charge in [-0.15, -0.1) is 0 Å². The van der Waals surface area contributed by atoms with E-state index < -0.39 is 5.41 Å². The van der Waals surface area contributed by atoms with E-state index in [1.807, 2.05) is 35.2 Å². The first-order chi connectivity index (χ1) is 14.5. The fourth-order valence-corrected chi connectivity index (χ4v) is 4.38. The molecule has 1 saturated heterocycles. The van der Waals surface area contributed by atoms with Gasteiger partial charge in [-0.1, -0.05) is 42.5 Å². The van der Waals surface area contributed by atoms with Crippen molar-refractivity contribution in [3.8, 4) is 0 Å². The molecule has 2 aromatic rings. The molecule has 0 aliphatic carbocycles. The summed E-state index contributed by atoms with van der Waals surface area (Å²) in [4.78, 5) is 29.3. The Morgan fingerprint density at radius 1 is 1.07 bits per heavy atom. The molecule has 0 unspecified atom stereocenters.